The number of imidazole rings is 1. The summed E-state index contributed by atoms with van der Waals surface area (Å²) in [6, 6.07) is 13.5. The monoisotopic (exact) mass is 500 g/mol. The minimum atomic E-state index is -3.92. The highest BCUT2D eigenvalue weighted by atomic mass is 32.2. The number of carbonyl (C=O) groups is 1. The molecule has 0 spiro atoms. The van der Waals surface area contributed by atoms with Crippen LogP contribution in [0.3, 0.4) is 0 Å². The molecule has 2 N–H and O–H groups in total. The number of aliphatic hydroxyl groups excluding tert-OH is 1. The number of fused-ring (bicyclic) bond motifs is 1. The Morgan fingerprint density at radius 1 is 1.11 bits per heavy atom. The Kier molecular flexibility index (Phi) is 6.81. The van der Waals surface area contributed by atoms with E-state index in [9.17, 15) is 22.7 Å². The molecule has 10 heteroatoms. The van der Waals surface area contributed by atoms with E-state index in [-0.39, 0.29) is 30.3 Å². The second-order valence-electron chi connectivity index (χ2n) is 9.62. The maximum atomic E-state index is 13.4. The molecule has 1 aliphatic heterocycles. The van der Waals surface area contributed by atoms with E-state index in [4.69, 9.17) is 0 Å². The van der Waals surface area contributed by atoms with E-state index in [1.165, 1.54) is 16.4 Å². The lowest BCUT2D eigenvalue weighted by atomic mass is 9.87. The van der Waals surface area contributed by atoms with Crippen molar-refractivity contribution in [2.45, 2.75) is 44.8 Å². The third-order valence-corrected chi connectivity index (χ3v) is 8.06. The van der Waals surface area contributed by atoms with Crippen LogP contribution in [-0.4, -0.2) is 52.5 Å². The molecule has 2 aromatic carbocycles. The molecule has 1 aliphatic rings. The first-order chi connectivity index (χ1) is 16.5. The molecule has 0 bridgehead atoms. The van der Waals surface area contributed by atoms with Crippen molar-refractivity contribution in [1.82, 2.24) is 19.2 Å². The van der Waals surface area contributed by atoms with Gasteiger partial charge >= 0.3 is 0 Å². The predicted octanol–water partition coefficient (Wildman–Crippen LogP) is 3.03. The molecule has 0 aliphatic carbocycles. The lowest BCUT2D eigenvalue weighted by Crippen LogP contribution is -2.47. The standard InChI is InChI=1S/C25H29FN4O4S/c1-25(2,3)21(16-31)27-24(32)22-20-15-29(35(33,34)19-11-9-18(26)10-12-19)13-14-30(20)23(28-22)17-7-5-4-6-8-17/h4-12,21,31H,13-16H2,1-3H3,(H,27,32). The summed E-state index contributed by atoms with van der Waals surface area (Å²) in [5.74, 6) is -0.434. The molecule has 186 valence electrons. The van der Waals surface area contributed by atoms with Crippen LogP contribution in [0.15, 0.2) is 59.5 Å². The van der Waals surface area contributed by atoms with Crippen LogP contribution in [0, 0.1) is 11.2 Å². The second kappa shape index (κ2) is 9.52. The quantitative estimate of drug-likeness (QED) is 0.542. The van der Waals surface area contributed by atoms with Gasteiger partial charge in [0.25, 0.3) is 5.91 Å². The zero-order valence-electron chi connectivity index (χ0n) is 19.9. The summed E-state index contributed by atoms with van der Waals surface area (Å²) in [4.78, 5) is 17.9. The first-order valence-electron chi connectivity index (χ1n) is 11.3. The van der Waals surface area contributed by atoms with Gasteiger partial charge in [-0.15, -0.1) is 0 Å². The van der Waals surface area contributed by atoms with Crippen molar-refractivity contribution in [2.75, 3.05) is 13.2 Å². The molecule has 0 saturated carbocycles. The fourth-order valence-corrected chi connectivity index (χ4v) is 5.45. The van der Waals surface area contributed by atoms with Crippen LogP contribution in [0.1, 0.15) is 37.0 Å². The number of nitrogens with one attached hydrogen (secondary N) is 1. The first-order valence-corrected chi connectivity index (χ1v) is 12.8. The Morgan fingerprint density at radius 3 is 2.37 bits per heavy atom. The summed E-state index contributed by atoms with van der Waals surface area (Å²) in [6.07, 6.45) is 0. The molecule has 0 fully saturated rings. The molecular weight excluding hydrogens is 471 g/mol. The largest absolute Gasteiger partial charge is 0.394 e. The summed E-state index contributed by atoms with van der Waals surface area (Å²) in [7, 11) is -3.92. The summed E-state index contributed by atoms with van der Waals surface area (Å²) < 4.78 is 43.0. The lowest BCUT2D eigenvalue weighted by Gasteiger charge is -2.30. The Labute approximate surface area is 204 Å². The zero-order valence-corrected chi connectivity index (χ0v) is 20.7. The van der Waals surface area contributed by atoms with Crippen molar-refractivity contribution in [3.8, 4) is 11.4 Å². The van der Waals surface area contributed by atoms with Gasteiger partial charge in [-0.25, -0.2) is 17.8 Å². The number of aromatic nitrogens is 2. The van der Waals surface area contributed by atoms with Crippen molar-refractivity contribution in [3.05, 3.63) is 71.8 Å². The fourth-order valence-electron chi connectivity index (χ4n) is 4.06. The molecule has 4 rings (SSSR count). The number of amides is 1. The average Bonchev–Trinajstić information content (AvgIpc) is 3.21. The van der Waals surface area contributed by atoms with Gasteiger partial charge in [-0.05, 0) is 29.7 Å². The fraction of sp³-hybridized carbons (Fsp3) is 0.360. The Balaban J connectivity index is 1.74. The molecule has 0 saturated heterocycles. The van der Waals surface area contributed by atoms with Crippen molar-refractivity contribution in [1.29, 1.82) is 0 Å². The smallest absolute Gasteiger partial charge is 0.272 e. The number of benzene rings is 2. The van der Waals surface area contributed by atoms with Crippen molar-refractivity contribution in [2.24, 2.45) is 5.41 Å². The molecule has 1 amide bonds. The van der Waals surface area contributed by atoms with E-state index in [1.54, 1.807) is 0 Å². The maximum Gasteiger partial charge on any atom is 0.272 e. The van der Waals surface area contributed by atoms with Gasteiger partial charge < -0.3 is 15.0 Å². The number of hydrogen-bond acceptors (Lipinski definition) is 5. The lowest BCUT2D eigenvalue weighted by molar-refractivity contribution is 0.0841. The van der Waals surface area contributed by atoms with Crippen molar-refractivity contribution in [3.63, 3.8) is 0 Å². The minimum Gasteiger partial charge on any atom is -0.394 e. The number of carbonyl (C=O) groups excluding carboxylic acids is 1. The summed E-state index contributed by atoms with van der Waals surface area (Å²) in [6.45, 7) is 5.87. The summed E-state index contributed by atoms with van der Waals surface area (Å²) in [5.41, 5.74) is 0.983. The molecular formula is C25H29FN4O4S. The second-order valence-corrected chi connectivity index (χ2v) is 11.6. The molecule has 1 unspecified atom stereocenters. The van der Waals surface area contributed by atoms with Crippen LogP contribution in [0.2, 0.25) is 0 Å². The summed E-state index contributed by atoms with van der Waals surface area (Å²) in [5, 5.41) is 12.7. The van der Waals surface area contributed by atoms with Gasteiger partial charge in [-0.2, -0.15) is 4.31 Å². The molecule has 2 heterocycles. The number of sulfonamides is 1. The van der Waals surface area contributed by atoms with Crippen LogP contribution >= 0.6 is 0 Å². The third-order valence-electron chi connectivity index (χ3n) is 6.20. The van der Waals surface area contributed by atoms with Crippen LogP contribution in [-0.2, 0) is 23.1 Å². The highest BCUT2D eigenvalue weighted by Gasteiger charge is 2.35. The molecule has 1 aromatic heterocycles. The molecule has 3 aromatic rings. The van der Waals surface area contributed by atoms with Crippen LogP contribution in [0.25, 0.3) is 11.4 Å². The molecule has 0 radical (unpaired) electrons. The van der Waals surface area contributed by atoms with E-state index < -0.39 is 33.2 Å². The number of halogens is 1. The molecule has 35 heavy (non-hydrogen) atoms. The summed E-state index contributed by atoms with van der Waals surface area (Å²) >= 11 is 0. The van der Waals surface area contributed by atoms with Gasteiger partial charge in [0, 0.05) is 18.7 Å². The van der Waals surface area contributed by atoms with E-state index in [0.717, 1.165) is 17.7 Å². The minimum absolute atomic E-state index is 0.0192. The Morgan fingerprint density at radius 2 is 1.77 bits per heavy atom. The van der Waals surface area contributed by atoms with Gasteiger partial charge in [0.15, 0.2) is 5.69 Å². The average molecular weight is 501 g/mol. The predicted molar refractivity (Wildman–Crippen MR) is 129 cm³/mol. The third kappa shape index (κ3) is 5.00. The topological polar surface area (TPSA) is 105 Å². The Hall–Kier alpha value is -3.08. The highest BCUT2D eigenvalue weighted by molar-refractivity contribution is 7.89. The van der Waals surface area contributed by atoms with Crippen LogP contribution < -0.4 is 5.32 Å². The van der Waals surface area contributed by atoms with E-state index >= 15 is 0 Å². The van der Waals surface area contributed by atoms with Gasteiger partial charge in [-0.1, -0.05) is 51.1 Å². The highest BCUT2D eigenvalue weighted by Crippen LogP contribution is 2.30. The number of hydrogen-bond donors (Lipinski definition) is 2. The van der Waals surface area contributed by atoms with E-state index in [1.807, 2.05) is 55.7 Å². The van der Waals surface area contributed by atoms with Gasteiger partial charge in [-0.3, -0.25) is 4.79 Å². The normalized spacial score (nSPS) is 15.5. The van der Waals surface area contributed by atoms with Gasteiger partial charge in [0.2, 0.25) is 10.0 Å². The van der Waals surface area contributed by atoms with E-state index in [0.29, 0.717) is 18.1 Å². The number of nitrogens with zero attached hydrogens (tertiary/aromatic N) is 3. The molecule has 8 nitrogen and oxygen atoms in total. The van der Waals surface area contributed by atoms with E-state index in [2.05, 4.69) is 10.3 Å². The zero-order chi connectivity index (χ0) is 25.4. The first kappa shape index (κ1) is 25.0. The van der Waals surface area contributed by atoms with Gasteiger partial charge in [0.05, 0.1) is 29.8 Å². The van der Waals surface area contributed by atoms with Gasteiger partial charge in [0.1, 0.15) is 11.6 Å². The number of rotatable bonds is 6. The van der Waals surface area contributed by atoms with Crippen LogP contribution in [0.5, 0.6) is 0 Å². The van der Waals surface area contributed by atoms with Crippen LogP contribution in [0.4, 0.5) is 4.39 Å². The van der Waals surface area contributed by atoms with Crippen molar-refractivity contribution < 1.29 is 22.7 Å². The SMILES string of the molecule is CC(C)(C)C(CO)NC(=O)c1nc(-c2ccccc2)n2c1CN(S(=O)(=O)c1ccc(F)cc1)CC2. The van der Waals surface area contributed by atoms with Crippen molar-refractivity contribution >= 4 is 15.9 Å². The molecule has 1 atom stereocenters. The maximum absolute atomic E-state index is 13.4. The Bertz CT molecular complexity index is 1320. The number of aliphatic hydroxyl groups is 1.